The van der Waals surface area contributed by atoms with Gasteiger partial charge in [0.1, 0.15) is 16.5 Å². The normalized spacial score (nSPS) is 12.8. The fourth-order valence-corrected chi connectivity index (χ4v) is 7.56. The highest BCUT2D eigenvalue weighted by Crippen LogP contribution is 2.41. The molecule has 12 nitrogen and oxygen atoms in total. The minimum atomic E-state index is -0.203. The summed E-state index contributed by atoms with van der Waals surface area (Å²) in [4.78, 5) is 35.8. The van der Waals surface area contributed by atoms with Crippen molar-refractivity contribution in [3.63, 3.8) is 0 Å². The second-order valence-corrected chi connectivity index (χ2v) is 11.9. The lowest BCUT2D eigenvalue weighted by Crippen LogP contribution is -2.15. The highest BCUT2D eigenvalue weighted by Gasteiger charge is 2.27. The summed E-state index contributed by atoms with van der Waals surface area (Å²) in [7, 11) is 0. The number of hydrogen-bond acceptors (Lipinski definition) is 11. The number of hydrogen-bond donors (Lipinski definition) is 2. The zero-order valence-corrected chi connectivity index (χ0v) is 23.2. The summed E-state index contributed by atoms with van der Waals surface area (Å²) in [5, 5.41) is 25.7. The number of anilines is 2. The van der Waals surface area contributed by atoms with Crippen molar-refractivity contribution in [1.82, 2.24) is 39.2 Å². The first kappa shape index (κ1) is 24.9. The molecule has 40 heavy (non-hydrogen) atoms. The lowest BCUT2D eigenvalue weighted by molar-refractivity contribution is -0.114. The largest absolute Gasteiger partial charge is 0.310 e. The minimum absolute atomic E-state index is 0.118. The van der Waals surface area contributed by atoms with Crippen LogP contribution in [0.25, 0.3) is 21.6 Å². The molecule has 0 aromatic carbocycles. The number of fused-ring (bicyclic) bond motifs is 8. The first-order valence-electron chi connectivity index (χ1n) is 12.4. The lowest BCUT2D eigenvalue weighted by Gasteiger charge is -2.07. The van der Waals surface area contributed by atoms with Gasteiger partial charge in [0.15, 0.2) is 16.0 Å². The number of rotatable bonds is 8. The maximum absolute atomic E-state index is 12.6. The molecular weight excluding hydrogens is 569 g/mol. The van der Waals surface area contributed by atoms with Gasteiger partial charge in [0.2, 0.25) is 17.6 Å². The van der Waals surface area contributed by atoms with Gasteiger partial charge in [-0.15, -0.1) is 31.7 Å². The number of aryl methyl sites for hydroxylation is 2. The van der Waals surface area contributed by atoms with Gasteiger partial charge < -0.3 is 10.6 Å². The van der Waals surface area contributed by atoms with Crippen molar-refractivity contribution in [2.75, 3.05) is 22.1 Å². The van der Waals surface area contributed by atoms with E-state index in [0.29, 0.717) is 33.4 Å². The Hall–Kier alpha value is -4.08. The Morgan fingerprint density at radius 1 is 0.825 bits per heavy atom. The number of amides is 2. The summed E-state index contributed by atoms with van der Waals surface area (Å²) < 4.78 is 3.84. The van der Waals surface area contributed by atoms with E-state index in [2.05, 4.69) is 41.0 Å². The predicted molar refractivity (Wildman–Crippen MR) is 154 cm³/mol. The Kier molecular flexibility index (Phi) is 6.53. The molecular formula is C25H20N10O2S3. The fourth-order valence-electron chi connectivity index (χ4n) is 4.65. The first-order chi connectivity index (χ1) is 19.7. The monoisotopic (exact) mass is 588 g/mol. The second-order valence-electron chi connectivity index (χ2n) is 8.90. The van der Waals surface area contributed by atoms with Crippen LogP contribution in [0.2, 0.25) is 0 Å². The van der Waals surface area contributed by atoms with Crippen molar-refractivity contribution < 1.29 is 9.59 Å². The summed E-state index contributed by atoms with van der Waals surface area (Å²) >= 11 is 4.28. The average molecular weight is 589 g/mol. The molecule has 200 valence electrons. The van der Waals surface area contributed by atoms with Gasteiger partial charge in [-0.2, -0.15) is 0 Å². The van der Waals surface area contributed by atoms with Crippen molar-refractivity contribution >= 4 is 80.0 Å². The molecule has 6 aromatic rings. The van der Waals surface area contributed by atoms with Crippen LogP contribution in [-0.4, -0.2) is 62.5 Å². The predicted octanol–water partition coefficient (Wildman–Crippen LogP) is 3.73. The van der Waals surface area contributed by atoms with Gasteiger partial charge in [0.25, 0.3) is 0 Å². The van der Waals surface area contributed by atoms with Crippen LogP contribution in [0.3, 0.4) is 0 Å². The summed E-state index contributed by atoms with van der Waals surface area (Å²) in [6.45, 7) is 0. The molecule has 0 radical (unpaired) electrons. The van der Waals surface area contributed by atoms with E-state index in [-0.39, 0.29) is 23.3 Å². The quantitative estimate of drug-likeness (QED) is 0.252. The number of thioether (sulfide) groups is 2. The molecule has 0 saturated heterocycles. The molecule has 0 fully saturated rings. The third-order valence-corrected chi connectivity index (χ3v) is 9.44. The Labute approximate surface area is 239 Å². The van der Waals surface area contributed by atoms with E-state index in [1.165, 1.54) is 34.0 Å². The maximum Gasteiger partial charge on any atom is 0.245 e. The minimum Gasteiger partial charge on any atom is -0.310 e. The lowest BCUT2D eigenvalue weighted by atomic mass is 10.2. The summed E-state index contributed by atoms with van der Waals surface area (Å²) in [6, 6.07) is 10.7. The summed E-state index contributed by atoms with van der Waals surface area (Å²) in [6.07, 6.45) is 6.34. The SMILES string of the molecule is O=C(CSc1nnc2c3c4c(sc3n3c(SCC(=O)Nc5ccccn5)nnc3n12)CCC4)Nc1ccccn1. The zero-order chi connectivity index (χ0) is 27.1. The van der Waals surface area contributed by atoms with Gasteiger partial charge in [-0.3, -0.25) is 9.59 Å². The highest BCUT2D eigenvalue weighted by atomic mass is 32.2. The molecule has 0 spiro atoms. The van der Waals surface area contributed by atoms with E-state index in [1.807, 2.05) is 20.9 Å². The smallest absolute Gasteiger partial charge is 0.245 e. The number of nitrogens with zero attached hydrogens (tertiary/aromatic N) is 8. The molecule has 0 bridgehead atoms. The van der Waals surface area contributed by atoms with Crippen LogP contribution in [0.4, 0.5) is 11.6 Å². The summed E-state index contributed by atoms with van der Waals surface area (Å²) in [5.74, 6) is 1.38. The molecule has 7 rings (SSSR count). The standard InChI is InChI=1S/C25H20N10O2S3/c36-18(28-16-8-1-3-10-26-16)12-38-24-32-30-21-20-14-6-5-7-15(14)40-22(20)35-23(34(21)24)31-33-25(35)39-13-19(37)29-17-9-2-4-11-27-17/h1-4,8-11H,5-7,12-13H2,(H,26,28,36)(H,27,29,37). The van der Waals surface area contributed by atoms with Crippen LogP contribution in [0.1, 0.15) is 16.9 Å². The van der Waals surface area contributed by atoms with Gasteiger partial charge >= 0.3 is 0 Å². The van der Waals surface area contributed by atoms with Gasteiger partial charge in [-0.05, 0) is 49.1 Å². The number of aromatic nitrogens is 8. The van der Waals surface area contributed by atoms with Crippen molar-refractivity contribution in [3.05, 3.63) is 59.2 Å². The molecule has 0 saturated carbocycles. The van der Waals surface area contributed by atoms with E-state index < -0.39 is 0 Å². The molecule has 2 amide bonds. The van der Waals surface area contributed by atoms with Crippen molar-refractivity contribution in [3.8, 4) is 0 Å². The molecule has 0 atom stereocenters. The van der Waals surface area contributed by atoms with E-state index >= 15 is 0 Å². The number of pyridine rings is 2. The number of carbonyl (C=O) groups excluding carboxylic acids is 2. The molecule has 2 N–H and O–H groups in total. The molecule has 1 aliphatic rings. The van der Waals surface area contributed by atoms with E-state index in [1.54, 1.807) is 48.0 Å². The van der Waals surface area contributed by atoms with Gasteiger partial charge in [0.05, 0.1) is 16.9 Å². The zero-order valence-electron chi connectivity index (χ0n) is 20.8. The molecule has 0 unspecified atom stereocenters. The third-order valence-electron chi connectivity index (χ3n) is 6.31. The third kappa shape index (κ3) is 4.55. The number of thiophene rings is 1. The highest BCUT2D eigenvalue weighted by molar-refractivity contribution is 8.00. The summed E-state index contributed by atoms with van der Waals surface area (Å²) in [5.41, 5.74) is 1.98. The fraction of sp³-hybridized carbons (Fsp3) is 0.200. The first-order valence-corrected chi connectivity index (χ1v) is 15.2. The van der Waals surface area contributed by atoms with Gasteiger partial charge in [-0.25, -0.2) is 18.8 Å². The average Bonchev–Trinajstić information content (AvgIpc) is 3.74. The van der Waals surface area contributed by atoms with E-state index in [4.69, 9.17) is 0 Å². The van der Waals surface area contributed by atoms with Crippen LogP contribution < -0.4 is 10.6 Å². The molecule has 1 aliphatic carbocycles. The van der Waals surface area contributed by atoms with Crippen LogP contribution in [-0.2, 0) is 22.4 Å². The Bertz CT molecular complexity index is 1880. The number of carbonyl (C=O) groups is 2. The molecule has 6 heterocycles. The topological polar surface area (TPSA) is 144 Å². The Morgan fingerprint density at radius 2 is 1.48 bits per heavy atom. The van der Waals surface area contributed by atoms with Gasteiger partial charge in [-0.1, -0.05) is 35.7 Å². The molecule has 15 heteroatoms. The van der Waals surface area contributed by atoms with Crippen LogP contribution >= 0.6 is 34.9 Å². The van der Waals surface area contributed by atoms with E-state index in [0.717, 1.165) is 29.5 Å². The van der Waals surface area contributed by atoms with Crippen molar-refractivity contribution in [2.45, 2.75) is 29.6 Å². The Morgan fingerprint density at radius 3 is 2.12 bits per heavy atom. The molecule has 6 aromatic heterocycles. The maximum atomic E-state index is 12.6. The van der Waals surface area contributed by atoms with Crippen LogP contribution in [0.15, 0.2) is 59.1 Å². The van der Waals surface area contributed by atoms with Gasteiger partial charge in [0, 0.05) is 17.3 Å². The second kappa shape index (κ2) is 10.5. The van der Waals surface area contributed by atoms with Crippen molar-refractivity contribution in [1.29, 1.82) is 0 Å². The number of nitrogens with one attached hydrogen (secondary N) is 2. The van der Waals surface area contributed by atoms with Crippen molar-refractivity contribution in [2.24, 2.45) is 0 Å². The van der Waals surface area contributed by atoms with E-state index in [9.17, 15) is 9.59 Å². The molecule has 0 aliphatic heterocycles. The van der Waals surface area contributed by atoms with Crippen LogP contribution in [0, 0.1) is 0 Å². The van der Waals surface area contributed by atoms with Crippen LogP contribution in [0.5, 0.6) is 0 Å². The Balaban J connectivity index is 1.22.